The molecule has 1 aliphatic carbocycles. The molecule has 1 aromatic carbocycles. The Morgan fingerprint density at radius 3 is 2.26 bits per heavy atom. The number of hydrogen-bond acceptors (Lipinski definition) is 4. The molecule has 2 amide bonds. The van der Waals surface area contributed by atoms with Crippen molar-refractivity contribution in [2.24, 2.45) is 11.8 Å². The van der Waals surface area contributed by atoms with Crippen molar-refractivity contribution in [2.75, 3.05) is 25.5 Å². The van der Waals surface area contributed by atoms with Crippen molar-refractivity contribution in [2.45, 2.75) is 44.9 Å². The quantitative estimate of drug-likeness (QED) is 0.824. The molecular formula is C21H28N2O4. The van der Waals surface area contributed by atoms with Crippen LogP contribution in [0.4, 0.5) is 5.69 Å². The molecule has 0 radical (unpaired) electrons. The molecule has 0 aromatic heterocycles. The number of nitrogens with zero attached hydrogens (tertiary/aromatic N) is 1. The lowest BCUT2D eigenvalue weighted by Gasteiger charge is -2.33. The first-order chi connectivity index (χ1) is 13.1. The Kier molecular flexibility index (Phi) is 6.48. The molecule has 0 atom stereocenters. The van der Waals surface area contributed by atoms with Crippen LogP contribution >= 0.6 is 0 Å². The molecule has 146 valence electrons. The highest BCUT2D eigenvalue weighted by Crippen LogP contribution is 2.32. The fraction of sp³-hybridized carbons (Fsp3) is 0.571. The summed E-state index contributed by atoms with van der Waals surface area (Å²) in [7, 11) is 1.32. The van der Waals surface area contributed by atoms with Crippen molar-refractivity contribution in [3.05, 3.63) is 29.8 Å². The van der Waals surface area contributed by atoms with Gasteiger partial charge in [0.25, 0.3) is 0 Å². The highest BCUT2D eigenvalue weighted by atomic mass is 16.5. The molecule has 27 heavy (non-hydrogen) atoms. The summed E-state index contributed by atoms with van der Waals surface area (Å²) in [5.74, 6) is -0.364. The number of carbonyl (C=O) groups excluding carboxylic acids is 3. The van der Waals surface area contributed by atoms with Gasteiger partial charge in [-0.25, -0.2) is 4.79 Å². The van der Waals surface area contributed by atoms with Gasteiger partial charge >= 0.3 is 5.97 Å². The smallest absolute Gasteiger partial charge is 0.339 e. The molecule has 1 heterocycles. The van der Waals surface area contributed by atoms with Gasteiger partial charge in [0, 0.05) is 24.9 Å². The first-order valence-electron chi connectivity index (χ1n) is 9.87. The van der Waals surface area contributed by atoms with E-state index in [1.165, 1.54) is 13.5 Å². The van der Waals surface area contributed by atoms with Crippen LogP contribution in [0.3, 0.4) is 0 Å². The lowest BCUT2D eigenvalue weighted by Crippen LogP contribution is -2.41. The van der Waals surface area contributed by atoms with Crippen LogP contribution in [0.25, 0.3) is 0 Å². The van der Waals surface area contributed by atoms with E-state index < -0.39 is 5.97 Å². The molecule has 0 bridgehead atoms. The lowest BCUT2D eigenvalue weighted by atomic mass is 9.80. The SMILES string of the molecule is COC(=O)c1ccccc1NC(=O)C1CCC(C(=O)N2CCCCC2)CC1. The van der Waals surface area contributed by atoms with Crippen LogP contribution in [0.2, 0.25) is 0 Å². The third kappa shape index (κ3) is 4.67. The largest absolute Gasteiger partial charge is 0.465 e. The van der Waals surface area contributed by atoms with Crippen LogP contribution in [0.15, 0.2) is 24.3 Å². The number of para-hydroxylation sites is 1. The second-order valence-electron chi connectivity index (χ2n) is 7.46. The van der Waals surface area contributed by atoms with E-state index in [1.807, 2.05) is 4.90 Å². The van der Waals surface area contributed by atoms with Crippen molar-refractivity contribution < 1.29 is 19.1 Å². The molecule has 1 aliphatic heterocycles. The molecule has 2 fully saturated rings. The Morgan fingerprint density at radius 1 is 0.963 bits per heavy atom. The van der Waals surface area contributed by atoms with E-state index in [0.29, 0.717) is 24.1 Å². The zero-order chi connectivity index (χ0) is 19.2. The normalized spacial score (nSPS) is 22.8. The van der Waals surface area contributed by atoms with E-state index in [-0.39, 0.29) is 23.7 Å². The molecule has 1 saturated heterocycles. The van der Waals surface area contributed by atoms with Gasteiger partial charge in [-0.2, -0.15) is 0 Å². The number of likely N-dealkylation sites (tertiary alicyclic amines) is 1. The fourth-order valence-electron chi connectivity index (χ4n) is 4.09. The summed E-state index contributed by atoms with van der Waals surface area (Å²) in [5.41, 5.74) is 0.822. The Bertz CT molecular complexity index is 689. The molecule has 6 heteroatoms. The van der Waals surface area contributed by atoms with E-state index in [0.717, 1.165) is 38.8 Å². The van der Waals surface area contributed by atoms with Gasteiger partial charge in [0.05, 0.1) is 18.4 Å². The van der Waals surface area contributed by atoms with Crippen LogP contribution in [-0.2, 0) is 14.3 Å². The van der Waals surface area contributed by atoms with Gasteiger partial charge in [0.2, 0.25) is 11.8 Å². The number of anilines is 1. The number of carbonyl (C=O) groups is 3. The number of esters is 1. The van der Waals surface area contributed by atoms with Crippen molar-refractivity contribution >= 4 is 23.5 Å². The maximum absolute atomic E-state index is 12.7. The average molecular weight is 372 g/mol. The second kappa shape index (κ2) is 9.02. The summed E-state index contributed by atoms with van der Waals surface area (Å²) in [4.78, 5) is 39.1. The first-order valence-corrected chi connectivity index (χ1v) is 9.87. The fourth-order valence-corrected chi connectivity index (χ4v) is 4.09. The monoisotopic (exact) mass is 372 g/mol. The maximum atomic E-state index is 12.7. The molecule has 6 nitrogen and oxygen atoms in total. The van der Waals surface area contributed by atoms with Gasteiger partial charge in [-0.05, 0) is 57.1 Å². The van der Waals surface area contributed by atoms with Crippen molar-refractivity contribution in [3.8, 4) is 0 Å². The van der Waals surface area contributed by atoms with E-state index in [9.17, 15) is 14.4 Å². The molecule has 3 rings (SSSR count). The predicted molar refractivity (Wildman–Crippen MR) is 102 cm³/mol. The van der Waals surface area contributed by atoms with Crippen LogP contribution in [0, 0.1) is 11.8 Å². The predicted octanol–water partition coefficient (Wildman–Crippen LogP) is 3.23. The minimum atomic E-state index is -0.471. The minimum absolute atomic E-state index is 0.0505. The summed E-state index contributed by atoms with van der Waals surface area (Å²) >= 11 is 0. The van der Waals surface area contributed by atoms with Gasteiger partial charge in [0.1, 0.15) is 0 Å². The van der Waals surface area contributed by atoms with E-state index >= 15 is 0 Å². The first kappa shape index (κ1) is 19.4. The summed E-state index contributed by atoms with van der Waals surface area (Å²) in [5, 5.41) is 2.87. The Morgan fingerprint density at radius 2 is 1.59 bits per heavy atom. The summed E-state index contributed by atoms with van der Waals surface area (Å²) in [6, 6.07) is 6.85. The molecule has 1 aromatic rings. The van der Waals surface area contributed by atoms with Gasteiger partial charge in [-0.3, -0.25) is 9.59 Å². The molecule has 1 saturated carbocycles. The van der Waals surface area contributed by atoms with Gasteiger partial charge < -0.3 is 15.0 Å². The summed E-state index contributed by atoms with van der Waals surface area (Å²) in [6.07, 6.45) is 6.33. The Labute approximate surface area is 160 Å². The molecule has 0 unspecified atom stereocenters. The van der Waals surface area contributed by atoms with E-state index in [2.05, 4.69) is 5.32 Å². The highest BCUT2D eigenvalue weighted by Gasteiger charge is 2.32. The van der Waals surface area contributed by atoms with Crippen molar-refractivity contribution in [1.82, 2.24) is 4.90 Å². The average Bonchev–Trinajstić information content (AvgIpc) is 2.73. The van der Waals surface area contributed by atoms with Gasteiger partial charge in [-0.15, -0.1) is 0 Å². The summed E-state index contributed by atoms with van der Waals surface area (Å²) < 4.78 is 4.77. The van der Waals surface area contributed by atoms with Gasteiger partial charge in [-0.1, -0.05) is 12.1 Å². The molecule has 0 spiro atoms. The maximum Gasteiger partial charge on any atom is 0.339 e. The third-order valence-electron chi connectivity index (χ3n) is 5.71. The second-order valence-corrected chi connectivity index (χ2v) is 7.46. The van der Waals surface area contributed by atoms with Crippen LogP contribution < -0.4 is 5.32 Å². The molecular weight excluding hydrogens is 344 g/mol. The molecule has 1 N–H and O–H groups in total. The topological polar surface area (TPSA) is 75.7 Å². The van der Waals surface area contributed by atoms with Crippen LogP contribution in [-0.4, -0.2) is 42.9 Å². The van der Waals surface area contributed by atoms with Crippen LogP contribution in [0.1, 0.15) is 55.3 Å². The number of ether oxygens (including phenoxy) is 1. The van der Waals surface area contributed by atoms with Crippen LogP contribution in [0.5, 0.6) is 0 Å². The number of methoxy groups -OCH3 is 1. The standard InChI is InChI=1S/C21H28N2O4/c1-27-21(26)17-7-3-4-8-18(17)22-19(24)15-9-11-16(12-10-15)20(25)23-13-5-2-6-14-23/h3-4,7-8,15-16H,2,5-6,9-14H2,1H3,(H,22,24). The Balaban J connectivity index is 1.54. The number of rotatable bonds is 4. The van der Waals surface area contributed by atoms with Gasteiger partial charge in [0.15, 0.2) is 0 Å². The third-order valence-corrected chi connectivity index (χ3v) is 5.71. The number of amides is 2. The number of piperidine rings is 1. The number of hydrogen-bond donors (Lipinski definition) is 1. The number of nitrogens with one attached hydrogen (secondary N) is 1. The molecule has 2 aliphatic rings. The Hall–Kier alpha value is -2.37. The number of benzene rings is 1. The van der Waals surface area contributed by atoms with E-state index in [4.69, 9.17) is 4.74 Å². The zero-order valence-corrected chi connectivity index (χ0v) is 15.9. The lowest BCUT2D eigenvalue weighted by molar-refractivity contribution is -0.138. The zero-order valence-electron chi connectivity index (χ0n) is 15.9. The van der Waals surface area contributed by atoms with Crippen molar-refractivity contribution in [3.63, 3.8) is 0 Å². The van der Waals surface area contributed by atoms with E-state index in [1.54, 1.807) is 24.3 Å². The summed E-state index contributed by atoms with van der Waals surface area (Å²) in [6.45, 7) is 1.76. The minimum Gasteiger partial charge on any atom is -0.465 e. The van der Waals surface area contributed by atoms with Crippen molar-refractivity contribution in [1.29, 1.82) is 0 Å². The highest BCUT2D eigenvalue weighted by molar-refractivity contribution is 6.01.